The molecule has 1 saturated heterocycles. The van der Waals surface area contributed by atoms with Gasteiger partial charge in [0.15, 0.2) is 0 Å². The standard InChI is InChI=1S/C19H25N3O5/c1-19(2,3)27-18(24)20-9-4-5-14(12-20)17(23)21-10-8-13-6-7-15(22(25)26)11-16(13)21/h6-7,11,14H,4-5,8-10,12H2,1-3H3. The highest BCUT2D eigenvalue weighted by Crippen LogP contribution is 2.34. The molecule has 2 heterocycles. The summed E-state index contributed by atoms with van der Waals surface area (Å²) in [5.74, 6) is -0.404. The minimum atomic E-state index is -0.582. The lowest BCUT2D eigenvalue weighted by Crippen LogP contribution is -2.47. The van der Waals surface area contributed by atoms with E-state index in [1.165, 1.54) is 12.1 Å². The molecular formula is C19H25N3O5. The SMILES string of the molecule is CC(C)(C)OC(=O)N1CCCC(C(=O)N2CCc3ccc([N+](=O)[O-])cc32)C1. The molecule has 27 heavy (non-hydrogen) atoms. The Kier molecular flexibility index (Phi) is 5.08. The first-order chi connectivity index (χ1) is 12.7. The molecule has 0 aromatic heterocycles. The summed E-state index contributed by atoms with van der Waals surface area (Å²) in [5, 5.41) is 11.1. The number of ether oxygens (including phenoxy) is 1. The Bertz CT molecular complexity index is 771. The van der Waals surface area contributed by atoms with E-state index in [-0.39, 0.29) is 17.5 Å². The number of amides is 2. The third-order valence-corrected chi connectivity index (χ3v) is 4.86. The molecule has 8 nitrogen and oxygen atoms in total. The summed E-state index contributed by atoms with van der Waals surface area (Å²) in [5.41, 5.74) is 0.950. The molecular weight excluding hydrogens is 350 g/mol. The highest BCUT2D eigenvalue weighted by Gasteiger charge is 2.36. The summed E-state index contributed by atoms with van der Waals surface area (Å²) >= 11 is 0. The molecule has 8 heteroatoms. The zero-order valence-electron chi connectivity index (χ0n) is 15.9. The minimum absolute atomic E-state index is 0.0209. The molecule has 0 saturated carbocycles. The Labute approximate surface area is 158 Å². The molecule has 0 spiro atoms. The van der Waals surface area contributed by atoms with Gasteiger partial charge in [-0.15, -0.1) is 0 Å². The van der Waals surface area contributed by atoms with Gasteiger partial charge in [-0.05, 0) is 45.6 Å². The van der Waals surface area contributed by atoms with Crippen molar-refractivity contribution in [3.63, 3.8) is 0 Å². The number of rotatable bonds is 2. The molecule has 0 N–H and O–H groups in total. The summed E-state index contributed by atoms with van der Waals surface area (Å²) in [4.78, 5) is 39.2. The maximum Gasteiger partial charge on any atom is 0.410 e. The zero-order valence-corrected chi connectivity index (χ0v) is 15.9. The molecule has 0 aliphatic carbocycles. The first kappa shape index (κ1) is 19.1. The predicted molar refractivity (Wildman–Crippen MR) is 99.7 cm³/mol. The Morgan fingerprint density at radius 3 is 2.67 bits per heavy atom. The van der Waals surface area contributed by atoms with Crippen molar-refractivity contribution in [2.24, 2.45) is 5.92 Å². The summed E-state index contributed by atoms with van der Waals surface area (Å²) in [6.45, 7) is 6.83. The van der Waals surface area contributed by atoms with Gasteiger partial charge in [0, 0.05) is 31.8 Å². The molecule has 1 aromatic carbocycles. The number of benzene rings is 1. The van der Waals surface area contributed by atoms with Crippen LogP contribution in [0.15, 0.2) is 18.2 Å². The number of nitro groups is 1. The van der Waals surface area contributed by atoms with Crippen LogP contribution >= 0.6 is 0 Å². The zero-order chi connectivity index (χ0) is 19.8. The van der Waals surface area contributed by atoms with Gasteiger partial charge in [-0.25, -0.2) is 4.79 Å². The van der Waals surface area contributed by atoms with Crippen LogP contribution in [0, 0.1) is 16.0 Å². The lowest BCUT2D eigenvalue weighted by molar-refractivity contribution is -0.384. The van der Waals surface area contributed by atoms with Crippen molar-refractivity contribution >= 4 is 23.4 Å². The molecule has 2 amide bonds. The van der Waals surface area contributed by atoms with E-state index in [4.69, 9.17) is 4.74 Å². The topological polar surface area (TPSA) is 93.0 Å². The second-order valence-electron chi connectivity index (χ2n) is 8.08. The molecule has 0 bridgehead atoms. The van der Waals surface area contributed by atoms with Crippen LogP contribution in [0.4, 0.5) is 16.2 Å². The fraction of sp³-hybridized carbons (Fsp3) is 0.579. The monoisotopic (exact) mass is 375 g/mol. The number of nitrogens with zero attached hydrogens (tertiary/aromatic N) is 3. The summed E-state index contributed by atoms with van der Waals surface area (Å²) in [7, 11) is 0. The Morgan fingerprint density at radius 2 is 2.00 bits per heavy atom. The quantitative estimate of drug-likeness (QED) is 0.585. The van der Waals surface area contributed by atoms with E-state index in [0.29, 0.717) is 38.2 Å². The molecule has 3 rings (SSSR count). The lowest BCUT2D eigenvalue weighted by Gasteiger charge is -2.35. The summed E-state index contributed by atoms with van der Waals surface area (Å²) in [6, 6.07) is 4.65. The normalized spacial score (nSPS) is 19.6. The van der Waals surface area contributed by atoms with Gasteiger partial charge in [0.05, 0.1) is 16.5 Å². The first-order valence-electron chi connectivity index (χ1n) is 9.22. The van der Waals surface area contributed by atoms with E-state index in [2.05, 4.69) is 0 Å². The molecule has 2 aliphatic heterocycles. The van der Waals surface area contributed by atoms with Crippen molar-refractivity contribution in [1.82, 2.24) is 4.90 Å². The van der Waals surface area contributed by atoms with E-state index in [9.17, 15) is 19.7 Å². The van der Waals surface area contributed by atoms with E-state index >= 15 is 0 Å². The van der Waals surface area contributed by atoms with Crippen LogP contribution in [0.3, 0.4) is 0 Å². The largest absolute Gasteiger partial charge is 0.444 e. The van der Waals surface area contributed by atoms with Gasteiger partial charge in [0.25, 0.3) is 5.69 Å². The van der Waals surface area contributed by atoms with Crippen molar-refractivity contribution in [3.05, 3.63) is 33.9 Å². The van der Waals surface area contributed by atoms with Crippen molar-refractivity contribution < 1.29 is 19.2 Å². The van der Waals surface area contributed by atoms with E-state index < -0.39 is 16.6 Å². The van der Waals surface area contributed by atoms with Crippen LogP contribution < -0.4 is 4.90 Å². The van der Waals surface area contributed by atoms with Gasteiger partial charge >= 0.3 is 6.09 Å². The molecule has 0 radical (unpaired) electrons. The molecule has 1 fully saturated rings. The smallest absolute Gasteiger partial charge is 0.410 e. The lowest BCUT2D eigenvalue weighted by atomic mass is 9.96. The average molecular weight is 375 g/mol. The van der Waals surface area contributed by atoms with Crippen LogP contribution in [0.2, 0.25) is 0 Å². The average Bonchev–Trinajstić information content (AvgIpc) is 3.02. The van der Waals surface area contributed by atoms with Crippen molar-refractivity contribution in [2.75, 3.05) is 24.5 Å². The number of piperidine rings is 1. The maximum atomic E-state index is 13.1. The molecule has 1 unspecified atom stereocenters. The summed E-state index contributed by atoms with van der Waals surface area (Å²) < 4.78 is 5.42. The molecule has 2 aliphatic rings. The Morgan fingerprint density at radius 1 is 1.26 bits per heavy atom. The first-order valence-corrected chi connectivity index (χ1v) is 9.22. The second-order valence-corrected chi connectivity index (χ2v) is 8.08. The van der Waals surface area contributed by atoms with Gasteiger partial charge in [-0.1, -0.05) is 6.07 Å². The van der Waals surface area contributed by atoms with E-state index in [1.54, 1.807) is 15.9 Å². The van der Waals surface area contributed by atoms with Crippen LogP contribution in [-0.2, 0) is 16.0 Å². The van der Waals surface area contributed by atoms with Gasteiger partial charge in [0.1, 0.15) is 5.60 Å². The minimum Gasteiger partial charge on any atom is -0.444 e. The van der Waals surface area contributed by atoms with Gasteiger partial charge < -0.3 is 14.5 Å². The van der Waals surface area contributed by atoms with Crippen molar-refractivity contribution in [2.45, 2.75) is 45.6 Å². The third-order valence-electron chi connectivity index (χ3n) is 4.86. The number of likely N-dealkylation sites (tertiary alicyclic amines) is 1. The van der Waals surface area contributed by atoms with Crippen LogP contribution in [0.25, 0.3) is 0 Å². The highest BCUT2D eigenvalue weighted by molar-refractivity contribution is 5.97. The van der Waals surface area contributed by atoms with Gasteiger partial charge in [-0.2, -0.15) is 0 Å². The van der Waals surface area contributed by atoms with Crippen LogP contribution in [0.1, 0.15) is 39.2 Å². The van der Waals surface area contributed by atoms with Crippen LogP contribution in [-0.4, -0.2) is 47.1 Å². The Balaban J connectivity index is 1.73. The number of non-ortho nitro benzene ring substituents is 1. The van der Waals surface area contributed by atoms with E-state index in [1.807, 2.05) is 20.8 Å². The Hall–Kier alpha value is -2.64. The van der Waals surface area contributed by atoms with Gasteiger partial charge in [-0.3, -0.25) is 14.9 Å². The number of fused-ring (bicyclic) bond motifs is 1. The number of hydrogen-bond donors (Lipinski definition) is 0. The predicted octanol–water partition coefficient (Wildman–Crippen LogP) is 3.13. The maximum absolute atomic E-state index is 13.1. The number of nitro benzene ring substituents is 1. The van der Waals surface area contributed by atoms with E-state index in [0.717, 1.165) is 12.0 Å². The van der Waals surface area contributed by atoms with Gasteiger partial charge in [0.2, 0.25) is 5.91 Å². The fourth-order valence-electron chi connectivity index (χ4n) is 3.60. The van der Waals surface area contributed by atoms with Crippen molar-refractivity contribution in [1.29, 1.82) is 0 Å². The number of anilines is 1. The molecule has 1 atom stereocenters. The molecule has 146 valence electrons. The number of carbonyl (C=O) groups excluding carboxylic acids is 2. The van der Waals surface area contributed by atoms with Crippen molar-refractivity contribution in [3.8, 4) is 0 Å². The number of carbonyl (C=O) groups is 2. The summed E-state index contributed by atoms with van der Waals surface area (Å²) in [6.07, 6.45) is 1.70. The highest BCUT2D eigenvalue weighted by atomic mass is 16.6. The molecule has 1 aromatic rings. The fourth-order valence-corrected chi connectivity index (χ4v) is 3.60. The second kappa shape index (κ2) is 7.17. The third kappa shape index (κ3) is 4.20. The van der Waals surface area contributed by atoms with Crippen LogP contribution in [0.5, 0.6) is 0 Å². The number of hydrogen-bond acceptors (Lipinski definition) is 5.